The van der Waals surface area contributed by atoms with Gasteiger partial charge in [0.15, 0.2) is 5.96 Å². The van der Waals surface area contributed by atoms with Gasteiger partial charge in [-0.2, -0.15) is 0 Å². The Bertz CT molecular complexity index is 598. The van der Waals surface area contributed by atoms with E-state index in [0.29, 0.717) is 6.04 Å². The molecule has 2 aliphatic rings. The van der Waals surface area contributed by atoms with Gasteiger partial charge in [-0.1, -0.05) is 6.42 Å². The van der Waals surface area contributed by atoms with Crippen molar-refractivity contribution in [2.24, 2.45) is 10.9 Å². The van der Waals surface area contributed by atoms with Gasteiger partial charge < -0.3 is 20.9 Å². The minimum atomic E-state index is 0. The van der Waals surface area contributed by atoms with Crippen LogP contribution in [0.2, 0.25) is 0 Å². The number of amides is 1. The SMILES string of the molecule is CCNC(=NCCCNC(=O)C1CCC1)NC1CCN(c2cccs2)CC1.I. The van der Waals surface area contributed by atoms with Gasteiger partial charge in [-0.05, 0) is 56.5 Å². The number of carbonyl (C=O) groups excluding carboxylic acids is 1. The molecule has 1 saturated carbocycles. The number of nitrogens with zero attached hydrogens (tertiary/aromatic N) is 2. The second-order valence-corrected chi connectivity index (χ2v) is 8.32. The number of anilines is 1. The molecular formula is C20H34IN5OS. The predicted octanol–water partition coefficient (Wildman–Crippen LogP) is 3.20. The number of hydrogen-bond donors (Lipinski definition) is 3. The fourth-order valence-electron chi connectivity index (χ4n) is 3.50. The van der Waals surface area contributed by atoms with Crippen LogP contribution in [0.1, 0.15) is 45.4 Å². The van der Waals surface area contributed by atoms with Gasteiger partial charge in [-0.3, -0.25) is 9.79 Å². The zero-order valence-electron chi connectivity index (χ0n) is 16.8. The topological polar surface area (TPSA) is 68.8 Å². The molecule has 158 valence electrons. The first kappa shape index (κ1) is 23.3. The second kappa shape index (κ2) is 12.5. The lowest BCUT2D eigenvalue weighted by Gasteiger charge is -2.33. The number of nitrogens with one attached hydrogen (secondary N) is 3. The average molecular weight is 519 g/mol. The predicted molar refractivity (Wildman–Crippen MR) is 129 cm³/mol. The number of rotatable bonds is 8. The van der Waals surface area contributed by atoms with Crippen molar-refractivity contribution in [3.05, 3.63) is 17.5 Å². The van der Waals surface area contributed by atoms with Crippen LogP contribution in [0.25, 0.3) is 0 Å². The van der Waals surface area contributed by atoms with Crippen LogP contribution in [0.4, 0.5) is 5.00 Å². The van der Waals surface area contributed by atoms with Crippen LogP contribution in [0.15, 0.2) is 22.5 Å². The molecule has 2 fully saturated rings. The van der Waals surface area contributed by atoms with E-state index in [1.807, 2.05) is 11.3 Å². The van der Waals surface area contributed by atoms with E-state index in [1.165, 1.54) is 11.4 Å². The zero-order valence-corrected chi connectivity index (χ0v) is 19.9. The smallest absolute Gasteiger partial charge is 0.223 e. The van der Waals surface area contributed by atoms with Gasteiger partial charge in [-0.25, -0.2) is 0 Å². The Balaban J connectivity index is 0.00000280. The van der Waals surface area contributed by atoms with Crippen molar-refractivity contribution < 1.29 is 4.79 Å². The highest BCUT2D eigenvalue weighted by Gasteiger charge is 2.24. The monoisotopic (exact) mass is 519 g/mol. The van der Waals surface area contributed by atoms with Crippen LogP contribution in [-0.4, -0.2) is 50.6 Å². The molecule has 1 aromatic rings. The summed E-state index contributed by atoms with van der Waals surface area (Å²) >= 11 is 1.82. The molecule has 1 saturated heterocycles. The van der Waals surface area contributed by atoms with Crippen LogP contribution in [0, 0.1) is 5.92 Å². The van der Waals surface area contributed by atoms with Crippen LogP contribution >= 0.6 is 35.3 Å². The molecule has 0 bridgehead atoms. The van der Waals surface area contributed by atoms with Crippen LogP contribution in [0.5, 0.6) is 0 Å². The van der Waals surface area contributed by atoms with Crippen molar-refractivity contribution in [1.29, 1.82) is 0 Å². The van der Waals surface area contributed by atoms with Crippen LogP contribution < -0.4 is 20.9 Å². The molecule has 0 spiro atoms. The van der Waals surface area contributed by atoms with Crippen molar-refractivity contribution in [2.45, 2.75) is 51.5 Å². The summed E-state index contributed by atoms with van der Waals surface area (Å²) in [5.74, 6) is 1.40. The molecule has 1 amide bonds. The third-order valence-electron chi connectivity index (χ3n) is 5.38. The molecule has 6 nitrogen and oxygen atoms in total. The summed E-state index contributed by atoms with van der Waals surface area (Å²) in [5, 5.41) is 13.5. The molecule has 3 rings (SSSR count). The molecule has 3 N–H and O–H groups in total. The first-order valence-electron chi connectivity index (χ1n) is 10.4. The van der Waals surface area contributed by atoms with E-state index >= 15 is 0 Å². The zero-order chi connectivity index (χ0) is 18.9. The minimum absolute atomic E-state index is 0. The maximum atomic E-state index is 11.8. The van der Waals surface area contributed by atoms with Gasteiger partial charge in [0.2, 0.25) is 5.91 Å². The van der Waals surface area contributed by atoms with E-state index in [1.54, 1.807) is 0 Å². The normalized spacial score (nSPS) is 18.2. The third kappa shape index (κ3) is 7.09. The first-order valence-corrected chi connectivity index (χ1v) is 11.2. The van der Waals surface area contributed by atoms with Crippen LogP contribution in [0.3, 0.4) is 0 Å². The molecular weight excluding hydrogens is 485 g/mol. The fraction of sp³-hybridized carbons (Fsp3) is 0.700. The molecule has 2 heterocycles. The average Bonchev–Trinajstić information content (AvgIpc) is 3.15. The number of thiophene rings is 1. The maximum Gasteiger partial charge on any atom is 0.223 e. The highest BCUT2D eigenvalue weighted by molar-refractivity contribution is 14.0. The lowest BCUT2D eigenvalue weighted by Crippen LogP contribution is -2.48. The van der Waals surface area contributed by atoms with Gasteiger partial charge in [0.1, 0.15) is 0 Å². The Labute approximate surface area is 190 Å². The Kier molecular flexibility index (Phi) is 10.4. The summed E-state index contributed by atoms with van der Waals surface area (Å²) in [6.45, 7) is 6.58. The van der Waals surface area contributed by atoms with E-state index in [0.717, 1.165) is 70.8 Å². The van der Waals surface area contributed by atoms with E-state index in [4.69, 9.17) is 0 Å². The van der Waals surface area contributed by atoms with Crippen molar-refractivity contribution >= 4 is 52.2 Å². The highest BCUT2D eigenvalue weighted by atomic mass is 127. The molecule has 0 atom stereocenters. The quantitative estimate of drug-likeness (QED) is 0.214. The molecule has 1 aromatic heterocycles. The molecule has 0 radical (unpaired) electrons. The summed E-state index contributed by atoms with van der Waals surface area (Å²) in [7, 11) is 0. The summed E-state index contributed by atoms with van der Waals surface area (Å²) < 4.78 is 0. The Morgan fingerprint density at radius 2 is 2.04 bits per heavy atom. The lowest BCUT2D eigenvalue weighted by molar-refractivity contribution is -0.127. The summed E-state index contributed by atoms with van der Waals surface area (Å²) in [6, 6.07) is 4.79. The number of halogens is 1. The summed E-state index contributed by atoms with van der Waals surface area (Å²) in [6.07, 6.45) is 6.45. The van der Waals surface area contributed by atoms with Gasteiger partial charge in [0, 0.05) is 44.7 Å². The molecule has 1 aliphatic carbocycles. The molecule has 28 heavy (non-hydrogen) atoms. The molecule has 8 heteroatoms. The van der Waals surface area contributed by atoms with Crippen molar-refractivity contribution in [2.75, 3.05) is 37.6 Å². The van der Waals surface area contributed by atoms with Crippen molar-refractivity contribution in [3.8, 4) is 0 Å². The number of piperidine rings is 1. The van der Waals surface area contributed by atoms with E-state index in [-0.39, 0.29) is 35.8 Å². The van der Waals surface area contributed by atoms with Crippen molar-refractivity contribution in [1.82, 2.24) is 16.0 Å². The van der Waals surface area contributed by atoms with Gasteiger partial charge >= 0.3 is 0 Å². The molecule has 0 aromatic carbocycles. The fourth-order valence-corrected chi connectivity index (χ4v) is 4.29. The number of aliphatic imine (C=N–C) groups is 1. The number of carbonyl (C=O) groups is 1. The van der Waals surface area contributed by atoms with Crippen molar-refractivity contribution in [3.63, 3.8) is 0 Å². The Morgan fingerprint density at radius 3 is 2.64 bits per heavy atom. The van der Waals surface area contributed by atoms with Gasteiger partial charge in [0.05, 0.1) is 5.00 Å². The summed E-state index contributed by atoms with van der Waals surface area (Å²) in [5.41, 5.74) is 0. The highest BCUT2D eigenvalue weighted by Crippen LogP contribution is 2.26. The Hall–Kier alpha value is -1.03. The van der Waals surface area contributed by atoms with E-state index < -0.39 is 0 Å². The molecule has 1 aliphatic heterocycles. The van der Waals surface area contributed by atoms with Gasteiger partial charge in [-0.15, -0.1) is 35.3 Å². The Morgan fingerprint density at radius 1 is 1.25 bits per heavy atom. The first-order chi connectivity index (χ1) is 13.3. The molecule has 0 unspecified atom stereocenters. The number of guanidine groups is 1. The number of hydrogen-bond acceptors (Lipinski definition) is 4. The lowest BCUT2D eigenvalue weighted by atomic mass is 9.85. The summed E-state index contributed by atoms with van der Waals surface area (Å²) in [4.78, 5) is 19.0. The minimum Gasteiger partial charge on any atom is -0.363 e. The maximum absolute atomic E-state index is 11.8. The van der Waals surface area contributed by atoms with E-state index in [9.17, 15) is 4.79 Å². The largest absolute Gasteiger partial charge is 0.363 e. The van der Waals surface area contributed by atoms with Crippen LogP contribution in [-0.2, 0) is 4.79 Å². The van der Waals surface area contributed by atoms with Gasteiger partial charge in [0.25, 0.3) is 0 Å². The standard InChI is InChI=1S/C20H33N5OS.HI/c1-2-21-20(23-12-5-11-22-19(26)16-6-3-7-16)24-17-9-13-25(14-10-17)18-8-4-15-27-18;/h4,8,15-17H,2-3,5-7,9-14H2,1H3,(H,22,26)(H2,21,23,24);1H. The second-order valence-electron chi connectivity index (χ2n) is 7.39. The van der Waals surface area contributed by atoms with E-state index in [2.05, 4.69) is 50.3 Å². The third-order valence-corrected chi connectivity index (χ3v) is 6.31.